The summed E-state index contributed by atoms with van der Waals surface area (Å²) in [5.74, 6) is -1.30. The number of esters is 1. The zero-order valence-electron chi connectivity index (χ0n) is 19.0. The van der Waals surface area contributed by atoms with E-state index in [0.29, 0.717) is 27.7 Å². The maximum atomic E-state index is 13.4. The smallest absolute Gasteiger partial charge is 0.308 e. The number of carbonyl (C=O) groups is 2. The molecule has 0 saturated carbocycles. The molecule has 0 radical (unpaired) electrons. The molecule has 0 unspecified atom stereocenters. The molecule has 8 nitrogen and oxygen atoms in total. The van der Waals surface area contributed by atoms with Crippen molar-refractivity contribution < 1.29 is 29.0 Å². The average molecular weight is 489 g/mol. The van der Waals surface area contributed by atoms with Gasteiger partial charge >= 0.3 is 5.97 Å². The Balaban J connectivity index is 1.76. The van der Waals surface area contributed by atoms with Crippen LogP contribution in [0.2, 0.25) is 0 Å². The largest absolute Gasteiger partial charge is 0.503 e. The van der Waals surface area contributed by atoms with Crippen LogP contribution in [0, 0.1) is 13.8 Å². The lowest BCUT2D eigenvalue weighted by atomic mass is 10.0. The summed E-state index contributed by atoms with van der Waals surface area (Å²) < 4.78 is 12.8. The van der Waals surface area contributed by atoms with Gasteiger partial charge in [0.15, 0.2) is 16.6 Å². The summed E-state index contributed by atoms with van der Waals surface area (Å²) in [4.78, 5) is 29.4. The molecule has 0 amide bonds. The number of aromatic nitrogens is 2. The van der Waals surface area contributed by atoms with Crippen molar-refractivity contribution in [2.24, 2.45) is 0 Å². The molecule has 0 aliphatic rings. The third-order valence-electron chi connectivity index (χ3n) is 5.43. The van der Waals surface area contributed by atoms with Gasteiger partial charge in [-0.05, 0) is 73.5 Å². The fourth-order valence-electron chi connectivity index (χ4n) is 3.86. The Hall–Kier alpha value is -4.37. The molecule has 0 fully saturated rings. The fraction of sp³-hybridized carbons (Fsp3) is 0.115. The number of ketones is 1. The van der Waals surface area contributed by atoms with E-state index in [9.17, 15) is 19.8 Å². The number of furan rings is 1. The van der Waals surface area contributed by atoms with Gasteiger partial charge in [-0.25, -0.2) is 4.98 Å². The molecule has 0 atom stereocenters. The van der Waals surface area contributed by atoms with Crippen molar-refractivity contribution in [3.8, 4) is 33.8 Å². The van der Waals surface area contributed by atoms with Gasteiger partial charge in [-0.2, -0.15) is 0 Å². The molecule has 35 heavy (non-hydrogen) atoms. The van der Waals surface area contributed by atoms with Gasteiger partial charge in [-0.1, -0.05) is 17.4 Å². The topological polar surface area (TPSA) is 115 Å². The van der Waals surface area contributed by atoms with Gasteiger partial charge in [0.25, 0.3) is 0 Å². The lowest BCUT2D eigenvalue weighted by Crippen LogP contribution is -2.04. The minimum atomic E-state index is -0.597. The van der Waals surface area contributed by atoms with Crippen molar-refractivity contribution in [3.05, 3.63) is 77.2 Å². The number of nitrogens with zero attached hydrogens (tertiary/aromatic N) is 2. The minimum Gasteiger partial charge on any atom is -0.503 e. The average Bonchev–Trinajstić information content (AvgIpc) is 3.49. The number of aryl methyl sites for hydroxylation is 2. The number of hydrogen-bond acceptors (Lipinski definition) is 8. The number of fused-ring (bicyclic) bond motifs is 1. The Morgan fingerprint density at radius 3 is 2.43 bits per heavy atom. The summed E-state index contributed by atoms with van der Waals surface area (Å²) in [7, 11) is 0. The normalized spacial score (nSPS) is 11.2. The summed E-state index contributed by atoms with van der Waals surface area (Å²) >= 11 is 1.31. The zero-order chi connectivity index (χ0) is 24.9. The minimum absolute atomic E-state index is 0.0210. The zero-order valence-corrected chi connectivity index (χ0v) is 19.8. The first kappa shape index (κ1) is 22.4. The summed E-state index contributed by atoms with van der Waals surface area (Å²) in [6, 6.07) is 15.3. The van der Waals surface area contributed by atoms with Crippen molar-refractivity contribution in [2.45, 2.75) is 20.8 Å². The van der Waals surface area contributed by atoms with Gasteiger partial charge in [0, 0.05) is 6.92 Å². The quantitative estimate of drug-likeness (QED) is 0.190. The lowest BCUT2D eigenvalue weighted by molar-refractivity contribution is -0.131. The molecular formula is C26H20N2O6S. The van der Waals surface area contributed by atoms with Gasteiger partial charge in [-0.3, -0.25) is 14.2 Å². The van der Waals surface area contributed by atoms with Crippen molar-refractivity contribution in [1.29, 1.82) is 0 Å². The van der Waals surface area contributed by atoms with Crippen LogP contribution in [0.15, 0.2) is 59.0 Å². The number of thiazole rings is 1. The number of hydrogen-bond donors (Lipinski definition) is 2. The van der Waals surface area contributed by atoms with Crippen LogP contribution >= 0.6 is 11.3 Å². The van der Waals surface area contributed by atoms with Gasteiger partial charge in [0.05, 0.1) is 21.5 Å². The maximum absolute atomic E-state index is 13.4. The summed E-state index contributed by atoms with van der Waals surface area (Å²) in [5.41, 5.74) is 2.35. The summed E-state index contributed by atoms with van der Waals surface area (Å²) in [5, 5.41) is 22.3. The first-order chi connectivity index (χ1) is 16.7. The highest BCUT2D eigenvalue weighted by Gasteiger charge is 2.32. The Kier molecular flexibility index (Phi) is 5.41. The Morgan fingerprint density at radius 1 is 1.03 bits per heavy atom. The molecule has 0 saturated heterocycles. The van der Waals surface area contributed by atoms with Crippen LogP contribution in [0.5, 0.6) is 17.4 Å². The molecule has 0 spiro atoms. The number of aromatic hydroxyl groups is 2. The van der Waals surface area contributed by atoms with E-state index >= 15 is 0 Å². The van der Waals surface area contributed by atoms with E-state index in [0.717, 1.165) is 10.3 Å². The molecule has 3 heterocycles. The monoisotopic (exact) mass is 488 g/mol. The van der Waals surface area contributed by atoms with Gasteiger partial charge in [-0.15, -0.1) is 0 Å². The summed E-state index contributed by atoms with van der Waals surface area (Å²) in [6.07, 6.45) is 0. The van der Waals surface area contributed by atoms with E-state index in [1.54, 1.807) is 37.3 Å². The standard InChI is InChI=1S/C26H20N2O6S/c1-13-4-10-18-20(12-13)35-26(27-18)28-22(16-6-8-17(9-7-16)34-15(3)29)21(24(31)25(28)32)23(30)19-11-5-14(2)33-19/h4-12,31-32H,1-3H3. The second kappa shape index (κ2) is 8.44. The molecule has 0 aliphatic carbocycles. The van der Waals surface area contributed by atoms with E-state index in [2.05, 4.69) is 4.98 Å². The van der Waals surface area contributed by atoms with Crippen molar-refractivity contribution >= 4 is 33.3 Å². The van der Waals surface area contributed by atoms with Crippen LogP contribution in [-0.4, -0.2) is 31.5 Å². The Morgan fingerprint density at radius 2 is 1.77 bits per heavy atom. The first-order valence-electron chi connectivity index (χ1n) is 10.7. The third kappa shape index (κ3) is 3.95. The number of rotatable bonds is 5. The number of ether oxygens (including phenoxy) is 1. The first-order valence-corrected chi connectivity index (χ1v) is 11.5. The second-order valence-electron chi connectivity index (χ2n) is 8.06. The highest BCUT2D eigenvalue weighted by molar-refractivity contribution is 7.20. The molecule has 3 aromatic heterocycles. The maximum Gasteiger partial charge on any atom is 0.308 e. The van der Waals surface area contributed by atoms with Crippen molar-refractivity contribution in [2.75, 3.05) is 0 Å². The molecular weight excluding hydrogens is 468 g/mol. The van der Waals surface area contributed by atoms with Crippen molar-refractivity contribution in [1.82, 2.24) is 9.55 Å². The lowest BCUT2D eigenvalue weighted by Gasteiger charge is -2.10. The van der Waals surface area contributed by atoms with E-state index in [1.807, 2.05) is 25.1 Å². The molecule has 0 bridgehead atoms. The predicted octanol–water partition coefficient (Wildman–Crippen LogP) is 5.53. The Bertz CT molecular complexity index is 1610. The van der Waals surface area contributed by atoms with Crippen LogP contribution in [0.25, 0.3) is 26.6 Å². The highest BCUT2D eigenvalue weighted by Crippen LogP contribution is 2.45. The number of benzene rings is 2. The fourth-order valence-corrected chi connectivity index (χ4v) is 4.94. The highest BCUT2D eigenvalue weighted by atomic mass is 32.1. The van der Waals surface area contributed by atoms with Crippen LogP contribution in [0.4, 0.5) is 0 Å². The predicted molar refractivity (Wildman–Crippen MR) is 131 cm³/mol. The molecule has 176 valence electrons. The number of carbonyl (C=O) groups excluding carboxylic acids is 2. The SMILES string of the molecule is CC(=O)Oc1ccc(-c2c(C(=O)c3ccc(C)o3)c(O)c(O)n2-c2nc3ccc(C)cc3s2)cc1. The van der Waals surface area contributed by atoms with Gasteiger partial charge in [0.1, 0.15) is 11.5 Å². The molecule has 2 aromatic carbocycles. The summed E-state index contributed by atoms with van der Waals surface area (Å²) in [6.45, 7) is 4.97. The van der Waals surface area contributed by atoms with E-state index < -0.39 is 23.4 Å². The van der Waals surface area contributed by atoms with E-state index in [1.165, 1.54) is 28.9 Å². The molecule has 5 rings (SSSR count). The van der Waals surface area contributed by atoms with Crippen LogP contribution in [-0.2, 0) is 4.79 Å². The second-order valence-corrected chi connectivity index (χ2v) is 9.07. The Labute approximate surface area is 203 Å². The molecule has 0 aliphatic heterocycles. The van der Waals surface area contributed by atoms with Gasteiger partial charge < -0.3 is 19.4 Å². The molecule has 2 N–H and O–H groups in total. The van der Waals surface area contributed by atoms with E-state index in [4.69, 9.17) is 9.15 Å². The van der Waals surface area contributed by atoms with Crippen LogP contribution < -0.4 is 4.74 Å². The van der Waals surface area contributed by atoms with E-state index in [-0.39, 0.29) is 17.0 Å². The van der Waals surface area contributed by atoms with Gasteiger partial charge in [0.2, 0.25) is 11.7 Å². The van der Waals surface area contributed by atoms with Crippen molar-refractivity contribution in [3.63, 3.8) is 0 Å². The van der Waals surface area contributed by atoms with Crippen LogP contribution in [0.3, 0.4) is 0 Å². The van der Waals surface area contributed by atoms with Crippen LogP contribution in [0.1, 0.15) is 34.4 Å². The third-order valence-corrected chi connectivity index (χ3v) is 6.43. The molecule has 9 heteroatoms. The molecule has 5 aromatic rings.